The Kier molecular flexibility index (Phi) is 9.60. The molecule has 1 aliphatic carbocycles. The molecule has 1 spiro atoms. The van der Waals surface area contributed by atoms with E-state index >= 15 is 0 Å². The first kappa shape index (κ1) is 30.2. The molecule has 0 saturated carbocycles. The van der Waals surface area contributed by atoms with Crippen molar-refractivity contribution in [3.8, 4) is 0 Å². The summed E-state index contributed by atoms with van der Waals surface area (Å²) in [5.74, 6) is -1.73. The number of carbonyl (C=O) groups excluding carboxylic acids is 1. The number of carbonyl (C=O) groups is 1. The summed E-state index contributed by atoms with van der Waals surface area (Å²) in [5, 5.41) is 32.7. The summed E-state index contributed by atoms with van der Waals surface area (Å²) in [4.78, 5) is 13.8. The Bertz CT molecular complexity index is 1010. The summed E-state index contributed by atoms with van der Waals surface area (Å²) in [5.41, 5.74) is 0.376. The van der Waals surface area contributed by atoms with Crippen LogP contribution in [-0.4, -0.2) is 63.7 Å². The van der Waals surface area contributed by atoms with Crippen molar-refractivity contribution in [3.63, 3.8) is 0 Å². The highest BCUT2D eigenvalue weighted by molar-refractivity contribution is 5.78. The fraction of sp³-hybridized carbons (Fsp3) is 0.719. The minimum atomic E-state index is -1.77. The number of rotatable bonds is 2. The van der Waals surface area contributed by atoms with Gasteiger partial charge in [0.25, 0.3) is 0 Å². The third kappa shape index (κ3) is 6.76. The molecule has 3 heterocycles. The summed E-state index contributed by atoms with van der Waals surface area (Å²) in [6, 6.07) is 0. The van der Waals surface area contributed by atoms with Gasteiger partial charge in [-0.1, -0.05) is 56.7 Å². The average Bonchev–Trinajstić information content (AvgIpc) is 2.88. The average molecular weight is 545 g/mol. The first-order chi connectivity index (χ1) is 18.5. The number of aliphatic hydroxyl groups is 3. The van der Waals surface area contributed by atoms with Crippen molar-refractivity contribution in [2.45, 2.75) is 122 Å². The Morgan fingerprint density at radius 3 is 2.62 bits per heavy atom. The van der Waals surface area contributed by atoms with Gasteiger partial charge in [0.05, 0.1) is 24.9 Å². The fourth-order valence-electron chi connectivity index (χ4n) is 6.78. The third-order valence-electron chi connectivity index (χ3n) is 9.18. The van der Waals surface area contributed by atoms with Crippen LogP contribution in [0.3, 0.4) is 0 Å². The lowest BCUT2D eigenvalue weighted by Crippen LogP contribution is -2.55. The molecule has 9 unspecified atom stereocenters. The number of hydrogen-bond acceptors (Lipinski definition) is 7. The van der Waals surface area contributed by atoms with Gasteiger partial charge in [-0.05, 0) is 62.5 Å². The van der Waals surface area contributed by atoms with Crippen molar-refractivity contribution in [1.82, 2.24) is 0 Å². The number of allylic oxidation sites excluding steroid dienone is 4. The molecule has 0 aromatic carbocycles. The Balaban J connectivity index is 1.72. The van der Waals surface area contributed by atoms with E-state index in [0.29, 0.717) is 30.8 Å². The molecule has 0 amide bonds. The van der Waals surface area contributed by atoms with Crippen LogP contribution >= 0.6 is 0 Å². The molecule has 7 nitrogen and oxygen atoms in total. The zero-order valence-electron chi connectivity index (χ0n) is 24.3. The van der Waals surface area contributed by atoms with Gasteiger partial charge in [0.1, 0.15) is 17.6 Å². The van der Waals surface area contributed by atoms with Crippen molar-refractivity contribution in [1.29, 1.82) is 0 Å². The van der Waals surface area contributed by atoms with Crippen molar-refractivity contribution in [2.75, 3.05) is 6.61 Å². The van der Waals surface area contributed by atoms with Gasteiger partial charge in [-0.15, -0.1) is 0 Å². The second-order valence-electron chi connectivity index (χ2n) is 12.5. The van der Waals surface area contributed by atoms with E-state index in [1.807, 2.05) is 12.2 Å². The second kappa shape index (κ2) is 12.4. The maximum absolute atomic E-state index is 13.8. The zero-order chi connectivity index (χ0) is 28.4. The molecule has 9 atom stereocenters. The highest BCUT2D eigenvalue weighted by Crippen LogP contribution is 2.45. The lowest BCUT2D eigenvalue weighted by molar-refractivity contribution is -0.335. The topological polar surface area (TPSA) is 105 Å². The highest BCUT2D eigenvalue weighted by Gasteiger charge is 2.51. The lowest BCUT2D eigenvalue weighted by Gasteiger charge is -2.50. The fourth-order valence-corrected chi connectivity index (χ4v) is 6.78. The summed E-state index contributed by atoms with van der Waals surface area (Å²) in [7, 11) is 0. The molecule has 7 heteroatoms. The molecule has 39 heavy (non-hydrogen) atoms. The maximum Gasteiger partial charge on any atom is 0.316 e. The Morgan fingerprint density at radius 1 is 1.13 bits per heavy atom. The van der Waals surface area contributed by atoms with E-state index in [2.05, 4.69) is 33.8 Å². The number of ether oxygens (including phenoxy) is 3. The zero-order valence-corrected chi connectivity index (χ0v) is 24.3. The van der Waals surface area contributed by atoms with Crippen LogP contribution < -0.4 is 0 Å². The van der Waals surface area contributed by atoms with Gasteiger partial charge in [-0.3, -0.25) is 4.79 Å². The highest BCUT2D eigenvalue weighted by atomic mass is 16.7. The maximum atomic E-state index is 13.8. The van der Waals surface area contributed by atoms with Crippen LogP contribution in [-0.2, 0) is 19.0 Å². The molecule has 3 aliphatic heterocycles. The molecule has 0 aromatic heterocycles. The Hall–Kier alpha value is -1.77. The van der Waals surface area contributed by atoms with Crippen molar-refractivity contribution in [3.05, 3.63) is 47.1 Å². The van der Waals surface area contributed by atoms with Crippen LogP contribution in [0.4, 0.5) is 0 Å². The molecule has 2 fully saturated rings. The molecule has 4 aliphatic rings. The minimum absolute atomic E-state index is 0.0874. The third-order valence-corrected chi connectivity index (χ3v) is 9.18. The Labute approximate surface area is 233 Å². The molecular formula is C32H48O7. The lowest BCUT2D eigenvalue weighted by atomic mass is 9.71. The van der Waals surface area contributed by atoms with Gasteiger partial charge < -0.3 is 29.5 Å². The molecule has 0 radical (unpaired) electrons. The quantitative estimate of drug-likeness (QED) is 0.335. The number of fused-ring (bicyclic) bond motifs is 3. The van der Waals surface area contributed by atoms with Crippen LogP contribution in [0.2, 0.25) is 0 Å². The van der Waals surface area contributed by atoms with Crippen LogP contribution in [0, 0.1) is 17.8 Å². The molecule has 218 valence electrons. The van der Waals surface area contributed by atoms with Crippen LogP contribution in [0.15, 0.2) is 47.1 Å². The predicted molar refractivity (Wildman–Crippen MR) is 150 cm³/mol. The van der Waals surface area contributed by atoms with Gasteiger partial charge in [0.15, 0.2) is 5.79 Å². The number of hydrogen-bond donors (Lipinski definition) is 3. The molecular weight excluding hydrogens is 496 g/mol. The van der Waals surface area contributed by atoms with Gasteiger partial charge in [-0.25, -0.2) is 0 Å². The van der Waals surface area contributed by atoms with Gasteiger partial charge in [0.2, 0.25) is 0 Å². The normalized spacial score (nSPS) is 42.2. The minimum Gasteiger partial charge on any atom is -0.462 e. The first-order valence-electron chi connectivity index (χ1n) is 14.8. The van der Waals surface area contributed by atoms with Gasteiger partial charge in [0, 0.05) is 25.7 Å². The van der Waals surface area contributed by atoms with Gasteiger partial charge >= 0.3 is 5.97 Å². The van der Waals surface area contributed by atoms with Gasteiger partial charge in [-0.2, -0.15) is 0 Å². The van der Waals surface area contributed by atoms with Crippen molar-refractivity contribution < 1.29 is 34.3 Å². The monoisotopic (exact) mass is 544 g/mol. The van der Waals surface area contributed by atoms with E-state index < -0.39 is 42.1 Å². The van der Waals surface area contributed by atoms with Crippen LogP contribution in [0.1, 0.15) is 86.0 Å². The number of esters is 1. The molecule has 4 rings (SSSR count). The Morgan fingerprint density at radius 2 is 1.90 bits per heavy atom. The molecule has 2 saturated heterocycles. The van der Waals surface area contributed by atoms with Crippen LogP contribution in [0.25, 0.3) is 0 Å². The van der Waals surface area contributed by atoms with E-state index in [-0.39, 0.29) is 30.1 Å². The van der Waals surface area contributed by atoms with Crippen molar-refractivity contribution >= 4 is 5.97 Å². The molecule has 0 aromatic rings. The van der Waals surface area contributed by atoms with Crippen molar-refractivity contribution in [2.24, 2.45) is 17.8 Å². The van der Waals surface area contributed by atoms with E-state index in [0.717, 1.165) is 25.7 Å². The summed E-state index contributed by atoms with van der Waals surface area (Å²) in [6.45, 7) is 9.89. The first-order valence-corrected chi connectivity index (χ1v) is 14.8. The SMILES string of the molecule is CCC1OC2(CCC1C)CC1CC(CC=C(C)CC(C)C=CC=C(CO)C3(O)CC(O)C(C)=CC3C(=O)O1)O2. The molecule has 2 bridgehead atoms. The summed E-state index contributed by atoms with van der Waals surface area (Å²) >= 11 is 0. The summed E-state index contributed by atoms with van der Waals surface area (Å²) in [6.07, 6.45) is 13.0. The second-order valence-corrected chi connectivity index (χ2v) is 12.5. The standard InChI is InChI=1S/C32H48O7/c1-6-29-22(4)12-13-31(39-29)17-26-16-25(38-31)11-10-21(3)14-20(2)8-7-9-24(19-33)32(36)18-28(34)23(5)15-27(32)30(35)37-26/h7-10,15,20,22,25-29,33-34,36H,6,11-14,16-19H2,1-5H3. The smallest absolute Gasteiger partial charge is 0.316 e. The summed E-state index contributed by atoms with van der Waals surface area (Å²) < 4.78 is 19.4. The van der Waals surface area contributed by atoms with Crippen LogP contribution in [0.5, 0.6) is 0 Å². The molecule has 3 N–H and O–H groups in total. The number of aliphatic hydroxyl groups excluding tert-OH is 2. The van der Waals surface area contributed by atoms with E-state index in [9.17, 15) is 20.1 Å². The van der Waals surface area contributed by atoms with E-state index in [1.165, 1.54) is 5.57 Å². The van der Waals surface area contributed by atoms with E-state index in [1.54, 1.807) is 19.1 Å². The predicted octanol–water partition coefficient (Wildman–Crippen LogP) is 4.91. The largest absolute Gasteiger partial charge is 0.462 e. The van der Waals surface area contributed by atoms with E-state index in [4.69, 9.17) is 14.2 Å².